The van der Waals surface area contributed by atoms with Gasteiger partial charge in [0.1, 0.15) is 6.10 Å². The summed E-state index contributed by atoms with van der Waals surface area (Å²) in [6.45, 7) is 1.09. The van der Waals surface area contributed by atoms with E-state index in [0.29, 0.717) is 37.6 Å². The molecule has 13 heteroatoms. The Morgan fingerprint density at radius 2 is 1.89 bits per heavy atom. The molecule has 148 valence electrons. The van der Waals surface area contributed by atoms with Gasteiger partial charge in [-0.1, -0.05) is 5.22 Å². The third-order valence-electron chi connectivity index (χ3n) is 4.16. The molecule has 2 aromatic rings. The van der Waals surface area contributed by atoms with Gasteiger partial charge in [0.05, 0.1) is 11.3 Å². The van der Waals surface area contributed by atoms with Crippen LogP contribution in [0.4, 0.5) is 5.69 Å². The van der Waals surface area contributed by atoms with Crippen molar-refractivity contribution in [2.75, 3.05) is 18.0 Å². The predicted molar refractivity (Wildman–Crippen MR) is 99.4 cm³/mol. The second-order valence-electron chi connectivity index (χ2n) is 5.95. The lowest BCUT2D eigenvalue weighted by Gasteiger charge is -2.34. The molecule has 28 heavy (non-hydrogen) atoms. The summed E-state index contributed by atoms with van der Waals surface area (Å²) < 4.78 is 29.6. The molecule has 1 saturated heterocycles. The first kappa shape index (κ1) is 19.6. The van der Waals surface area contributed by atoms with E-state index in [-0.39, 0.29) is 11.7 Å². The summed E-state index contributed by atoms with van der Waals surface area (Å²) in [7, 11) is -4.17. The lowest BCUT2D eigenvalue weighted by atomic mass is 10.1. The molecule has 1 aliphatic rings. The Balaban J connectivity index is 1.83. The van der Waals surface area contributed by atoms with Crippen molar-refractivity contribution in [3.8, 4) is 6.01 Å². The number of aromatic nitrogens is 3. The Morgan fingerprint density at radius 1 is 1.21 bits per heavy atom. The van der Waals surface area contributed by atoms with Gasteiger partial charge in [-0.2, -0.15) is 0 Å². The predicted octanol–water partition coefficient (Wildman–Crippen LogP) is 0.218. The maximum absolute atomic E-state index is 11.9. The highest BCUT2D eigenvalue weighted by Gasteiger charge is 2.28. The molecule has 5 N–H and O–H groups in total. The van der Waals surface area contributed by atoms with Crippen molar-refractivity contribution in [2.24, 2.45) is 21.3 Å². The smallest absolute Gasteiger partial charge is 0.316 e. The lowest BCUT2D eigenvalue weighted by molar-refractivity contribution is 0.156. The summed E-state index contributed by atoms with van der Waals surface area (Å²) in [5.74, 6) is 4.58. The van der Waals surface area contributed by atoms with E-state index in [2.05, 4.69) is 25.3 Å². The molecule has 0 radical (unpaired) electrons. The van der Waals surface area contributed by atoms with Crippen LogP contribution in [0.15, 0.2) is 46.1 Å². The molecular weight excluding hydrogens is 386 g/mol. The maximum Gasteiger partial charge on any atom is 0.316 e. The number of hydrogen-bond donors (Lipinski definition) is 3. The van der Waals surface area contributed by atoms with Crippen molar-refractivity contribution in [2.45, 2.75) is 24.0 Å². The minimum absolute atomic E-state index is 0.0371. The molecular formula is C15H19N9O3S. The summed E-state index contributed by atoms with van der Waals surface area (Å²) in [6.07, 6.45) is 5.75. The molecule has 0 aromatic carbocycles. The lowest BCUT2D eigenvalue weighted by Crippen LogP contribution is -2.39. The van der Waals surface area contributed by atoms with Crippen molar-refractivity contribution < 1.29 is 13.2 Å². The molecule has 1 fully saturated rings. The average Bonchev–Trinajstić information content (AvgIpc) is 2.68. The van der Waals surface area contributed by atoms with Crippen LogP contribution in [0.2, 0.25) is 0 Å². The summed E-state index contributed by atoms with van der Waals surface area (Å²) in [4.78, 5) is 13.8. The number of amidine groups is 1. The quantitative estimate of drug-likeness (QED) is 0.207. The number of nitrogens with two attached hydrogens (primary N) is 2. The fourth-order valence-corrected chi connectivity index (χ4v) is 3.65. The van der Waals surface area contributed by atoms with E-state index in [1.54, 1.807) is 24.5 Å². The second kappa shape index (κ2) is 8.22. The number of nitrogens with zero attached hydrogens (tertiary/aromatic N) is 6. The van der Waals surface area contributed by atoms with Crippen LogP contribution in [0.3, 0.4) is 0 Å². The Labute approximate surface area is 161 Å². The number of ether oxygens (including phenoxy) is 1. The van der Waals surface area contributed by atoms with Gasteiger partial charge >= 0.3 is 6.01 Å². The van der Waals surface area contributed by atoms with Crippen molar-refractivity contribution >= 4 is 21.5 Å². The first-order valence-electron chi connectivity index (χ1n) is 8.30. The molecule has 2 aromatic heterocycles. The zero-order chi connectivity index (χ0) is 20.1. The first-order valence-corrected chi connectivity index (χ1v) is 9.85. The molecule has 3 heterocycles. The highest BCUT2D eigenvalue weighted by Crippen LogP contribution is 2.29. The largest absolute Gasteiger partial charge is 0.460 e. The minimum atomic E-state index is -4.17. The number of nitrogens with one attached hydrogen (secondary N) is 1. The standard InChI is InChI=1S/C15H19N9O3S/c16-13(22-23-17)12-11(2-7-19-14(12)28(18,25)26)24-8-3-10(4-9-24)27-15-20-5-1-6-21-15/h1-2,5-7,10H,3-4,8-9H2,(H3,16,17,22)(H2,18,25,26). The van der Waals surface area contributed by atoms with E-state index in [1.807, 2.05) is 4.90 Å². The van der Waals surface area contributed by atoms with Gasteiger partial charge < -0.3 is 15.5 Å². The van der Waals surface area contributed by atoms with Gasteiger partial charge in [0, 0.05) is 44.5 Å². The van der Waals surface area contributed by atoms with Crippen LogP contribution in [0.5, 0.6) is 6.01 Å². The van der Waals surface area contributed by atoms with Crippen molar-refractivity contribution in [3.63, 3.8) is 0 Å². The molecule has 0 bridgehead atoms. The maximum atomic E-state index is 11.9. The molecule has 0 atom stereocenters. The average molecular weight is 405 g/mol. The highest BCUT2D eigenvalue weighted by molar-refractivity contribution is 7.89. The molecule has 1 aliphatic heterocycles. The molecule has 0 saturated carbocycles. The van der Waals surface area contributed by atoms with Crippen LogP contribution in [-0.4, -0.2) is 48.4 Å². The van der Waals surface area contributed by atoms with Crippen LogP contribution in [0, 0.1) is 5.41 Å². The molecule has 0 amide bonds. The van der Waals surface area contributed by atoms with Crippen molar-refractivity contribution in [3.05, 3.63) is 36.3 Å². The molecule has 0 spiro atoms. The third-order valence-corrected chi connectivity index (χ3v) is 5.00. The van der Waals surface area contributed by atoms with Crippen molar-refractivity contribution in [1.29, 1.82) is 5.41 Å². The summed E-state index contributed by atoms with van der Waals surface area (Å²) in [6, 6.07) is 3.62. The SMILES string of the molecule is N=C(N=NN)c1c(N2CCC(Oc3ncccn3)CC2)ccnc1S(N)(=O)=O. The van der Waals surface area contributed by atoms with E-state index in [4.69, 9.17) is 21.1 Å². The van der Waals surface area contributed by atoms with Crippen LogP contribution in [-0.2, 0) is 10.0 Å². The van der Waals surface area contributed by atoms with Gasteiger partial charge in [0.25, 0.3) is 10.0 Å². The zero-order valence-electron chi connectivity index (χ0n) is 14.8. The molecule has 0 unspecified atom stereocenters. The van der Waals surface area contributed by atoms with E-state index in [1.165, 1.54) is 6.20 Å². The highest BCUT2D eigenvalue weighted by atomic mass is 32.2. The Bertz CT molecular complexity index is 974. The summed E-state index contributed by atoms with van der Waals surface area (Å²) >= 11 is 0. The minimum Gasteiger partial charge on any atom is -0.460 e. The summed E-state index contributed by atoms with van der Waals surface area (Å²) in [5.41, 5.74) is 0.427. The van der Waals surface area contributed by atoms with Gasteiger partial charge in [-0.3, -0.25) is 5.41 Å². The van der Waals surface area contributed by atoms with E-state index >= 15 is 0 Å². The zero-order valence-corrected chi connectivity index (χ0v) is 15.6. The molecule has 3 rings (SSSR count). The number of primary sulfonamides is 1. The van der Waals surface area contributed by atoms with E-state index in [0.717, 1.165) is 0 Å². The fraction of sp³-hybridized carbons (Fsp3) is 0.333. The molecule has 0 aliphatic carbocycles. The van der Waals surface area contributed by atoms with Crippen LogP contribution < -0.4 is 20.6 Å². The Morgan fingerprint density at radius 3 is 2.50 bits per heavy atom. The first-order chi connectivity index (χ1) is 13.4. The molecule has 12 nitrogen and oxygen atoms in total. The second-order valence-corrected chi connectivity index (χ2v) is 7.43. The number of sulfonamides is 1. The van der Waals surface area contributed by atoms with Crippen LogP contribution >= 0.6 is 0 Å². The van der Waals surface area contributed by atoms with Crippen LogP contribution in [0.25, 0.3) is 0 Å². The van der Waals surface area contributed by atoms with Gasteiger partial charge in [-0.25, -0.2) is 28.5 Å². The fourth-order valence-electron chi connectivity index (χ4n) is 2.95. The van der Waals surface area contributed by atoms with E-state index < -0.39 is 20.9 Å². The number of pyridine rings is 1. The normalized spacial score (nSPS) is 15.7. The number of rotatable bonds is 5. The van der Waals surface area contributed by atoms with Gasteiger partial charge in [0.2, 0.25) is 0 Å². The van der Waals surface area contributed by atoms with Crippen molar-refractivity contribution in [1.82, 2.24) is 15.0 Å². The monoisotopic (exact) mass is 405 g/mol. The van der Waals surface area contributed by atoms with E-state index in [9.17, 15) is 8.42 Å². The summed E-state index contributed by atoms with van der Waals surface area (Å²) in [5, 5.41) is 19.4. The Hall–Kier alpha value is -3.19. The van der Waals surface area contributed by atoms with Crippen LogP contribution in [0.1, 0.15) is 18.4 Å². The Kier molecular flexibility index (Phi) is 5.75. The number of piperidine rings is 1. The van der Waals surface area contributed by atoms with Gasteiger partial charge in [0.15, 0.2) is 10.9 Å². The number of anilines is 1. The van der Waals surface area contributed by atoms with Gasteiger partial charge in [-0.05, 0) is 12.1 Å². The third kappa shape index (κ3) is 4.37. The van der Waals surface area contributed by atoms with Gasteiger partial charge in [-0.15, -0.1) is 5.11 Å². The number of hydrogen-bond acceptors (Lipinski definition) is 9. The topological polar surface area (TPSA) is 186 Å².